The summed E-state index contributed by atoms with van der Waals surface area (Å²) in [6.07, 6.45) is 3.55. The van der Waals surface area contributed by atoms with Crippen LogP contribution in [0.4, 0.5) is 0 Å². The van der Waals surface area contributed by atoms with Crippen molar-refractivity contribution in [3.63, 3.8) is 0 Å². The van der Waals surface area contributed by atoms with Gasteiger partial charge in [-0.05, 0) is 13.3 Å². The first-order chi connectivity index (χ1) is 8.69. The molecule has 2 heterocycles. The average molecular weight is 265 g/mol. The number of carbonyl (C=O) groups excluding carboxylic acids is 1. The topological polar surface area (TPSA) is 83.6 Å². The molecule has 0 aliphatic carbocycles. The number of carbonyl (C=O) groups is 1. The van der Waals surface area contributed by atoms with Crippen molar-refractivity contribution >= 4 is 17.2 Å². The van der Waals surface area contributed by atoms with Gasteiger partial charge in [-0.1, -0.05) is 6.92 Å². The SMILES string of the molecule is CCCc1nc(C(=O)NCc2ncc(C)s2)n[nH]1. The van der Waals surface area contributed by atoms with E-state index in [1.165, 1.54) is 0 Å². The molecule has 0 saturated heterocycles. The molecule has 6 nitrogen and oxygen atoms in total. The minimum atomic E-state index is -0.276. The van der Waals surface area contributed by atoms with Crippen LogP contribution < -0.4 is 5.32 Å². The highest BCUT2D eigenvalue weighted by atomic mass is 32.1. The second kappa shape index (κ2) is 5.72. The molecule has 2 aromatic heterocycles. The first-order valence-electron chi connectivity index (χ1n) is 5.80. The minimum Gasteiger partial charge on any atom is -0.343 e. The van der Waals surface area contributed by atoms with E-state index < -0.39 is 0 Å². The number of aryl methyl sites for hydroxylation is 2. The molecule has 1 amide bonds. The van der Waals surface area contributed by atoms with Gasteiger partial charge in [-0.25, -0.2) is 9.97 Å². The van der Waals surface area contributed by atoms with Crippen LogP contribution in [0.1, 0.15) is 39.7 Å². The maximum atomic E-state index is 11.8. The summed E-state index contributed by atoms with van der Waals surface area (Å²) in [6, 6.07) is 0. The van der Waals surface area contributed by atoms with Crippen LogP contribution in [0.25, 0.3) is 0 Å². The number of aromatic amines is 1. The van der Waals surface area contributed by atoms with E-state index in [-0.39, 0.29) is 11.7 Å². The number of nitrogens with one attached hydrogen (secondary N) is 2. The molecule has 0 unspecified atom stereocenters. The second-order valence-corrected chi connectivity index (χ2v) is 5.22. The van der Waals surface area contributed by atoms with Gasteiger partial charge in [0.15, 0.2) is 0 Å². The van der Waals surface area contributed by atoms with E-state index >= 15 is 0 Å². The van der Waals surface area contributed by atoms with Crippen LogP contribution in [0.5, 0.6) is 0 Å². The van der Waals surface area contributed by atoms with Gasteiger partial charge in [0, 0.05) is 17.5 Å². The predicted octanol–water partition coefficient (Wildman–Crippen LogP) is 1.45. The van der Waals surface area contributed by atoms with Crippen LogP contribution >= 0.6 is 11.3 Å². The van der Waals surface area contributed by atoms with Crippen molar-refractivity contribution < 1.29 is 4.79 Å². The Morgan fingerprint density at radius 2 is 2.39 bits per heavy atom. The third-order valence-electron chi connectivity index (χ3n) is 2.29. The molecule has 2 rings (SSSR count). The van der Waals surface area contributed by atoms with Gasteiger partial charge in [0.05, 0.1) is 6.54 Å². The van der Waals surface area contributed by atoms with Gasteiger partial charge in [0.1, 0.15) is 10.8 Å². The zero-order valence-corrected chi connectivity index (χ0v) is 11.2. The van der Waals surface area contributed by atoms with Gasteiger partial charge in [-0.15, -0.1) is 16.4 Å². The zero-order valence-electron chi connectivity index (χ0n) is 10.4. The van der Waals surface area contributed by atoms with Crippen LogP contribution in [0.2, 0.25) is 0 Å². The number of aromatic nitrogens is 4. The van der Waals surface area contributed by atoms with Crippen molar-refractivity contribution in [2.75, 3.05) is 0 Å². The van der Waals surface area contributed by atoms with Gasteiger partial charge in [0.25, 0.3) is 5.91 Å². The predicted molar refractivity (Wildman–Crippen MR) is 68.4 cm³/mol. The molecule has 0 radical (unpaired) electrons. The van der Waals surface area contributed by atoms with Crippen molar-refractivity contribution in [1.82, 2.24) is 25.5 Å². The Labute approximate surface area is 109 Å². The lowest BCUT2D eigenvalue weighted by molar-refractivity contribution is 0.0941. The summed E-state index contributed by atoms with van der Waals surface area (Å²) in [5, 5.41) is 10.3. The van der Waals surface area contributed by atoms with Crippen molar-refractivity contribution in [3.8, 4) is 0 Å². The Balaban J connectivity index is 1.90. The first kappa shape index (κ1) is 12.7. The molecule has 0 fully saturated rings. The molecule has 96 valence electrons. The molecule has 0 atom stereocenters. The van der Waals surface area contributed by atoms with E-state index in [2.05, 4.69) is 25.5 Å². The summed E-state index contributed by atoms with van der Waals surface area (Å²) in [7, 11) is 0. The maximum Gasteiger partial charge on any atom is 0.291 e. The Kier molecular flexibility index (Phi) is 4.03. The minimum absolute atomic E-state index is 0.187. The fourth-order valence-electron chi connectivity index (χ4n) is 1.46. The van der Waals surface area contributed by atoms with Crippen molar-refractivity contribution in [2.45, 2.75) is 33.2 Å². The molecule has 0 spiro atoms. The fraction of sp³-hybridized carbons (Fsp3) is 0.455. The summed E-state index contributed by atoms with van der Waals surface area (Å²) in [5.74, 6) is 0.654. The van der Waals surface area contributed by atoms with Crippen LogP contribution in [0.3, 0.4) is 0 Å². The lowest BCUT2D eigenvalue weighted by atomic mass is 10.3. The normalized spacial score (nSPS) is 10.6. The number of hydrogen-bond acceptors (Lipinski definition) is 5. The first-order valence-corrected chi connectivity index (χ1v) is 6.61. The second-order valence-electron chi connectivity index (χ2n) is 3.90. The molecule has 7 heteroatoms. The number of nitrogens with zero attached hydrogens (tertiary/aromatic N) is 3. The van der Waals surface area contributed by atoms with Crippen molar-refractivity contribution in [1.29, 1.82) is 0 Å². The zero-order chi connectivity index (χ0) is 13.0. The van der Waals surface area contributed by atoms with Crippen LogP contribution in [0.15, 0.2) is 6.20 Å². The molecule has 0 saturated carbocycles. The fourth-order valence-corrected chi connectivity index (χ4v) is 2.19. The third-order valence-corrected chi connectivity index (χ3v) is 3.20. The number of H-pyrrole nitrogens is 1. The van der Waals surface area contributed by atoms with E-state index in [1.54, 1.807) is 17.5 Å². The number of hydrogen-bond donors (Lipinski definition) is 2. The molecule has 2 N–H and O–H groups in total. The summed E-state index contributed by atoms with van der Waals surface area (Å²) in [6.45, 7) is 4.44. The molecule has 0 aromatic carbocycles. The Morgan fingerprint density at radius 1 is 1.56 bits per heavy atom. The number of amides is 1. The molecule has 0 bridgehead atoms. The standard InChI is InChI=1S/C11H15N5OS/c1-3-4-8-14-10(16-15-8)11(17)13-6-9-12-5-7(2)18-9/h5H,3-4,6H2,1-2H3,(H,13,17)(H,14,15,16). The largest absolute Gasteiger partial charge is 0.343 e. The lowest BCUT2D eigenvalue weighted by Crippen LogP contribution is -2.23. The van der Waals surface area contributed by atoms with Crippen molar-refractivity contribution in [3.05, 3.63) is 27.7 Å². The molecule has 0 aliphatic rings. The molecular weight excluding hydrogens is 250 g/mol. The molecule has 2 aromatic rings. The third kappa shape index (κ3) is 3.13. The van der Waals surface area contributed by atoms with Gasteiger partial charge < -0.3 is 5.32 Å². The monoisotopic (exact) mass is 265 g/mol. The van der Waals surface area contributed by atoms with Gasteiger partial charge >= 0.3 is 0 Å². The van der Waals surface area contributed by atoms with Crippen LogP contribution in [-0.2, 0) is 13.0 Å². The van der Waals surface area contributed by atoms with Gasteiger partial charge in [0.2, 0.25) is 5.82 Å². The highest BCUT2D eigenvalue weighted by molar-refractivity contribution is 7.11. The highest BCUT2D eigenvalue weighted by Gasteiger charge is 2.12. The van der Waals surface area contributed by atoms with Gasteiger partial charge in [-0.3, -0.25) is 9.89 Å². The highest BCUT2D eigenvalue weighted by Crippen LogP contribution is 2.10. The summed E-state index contributed by atoms with van der Waals surface area (Å²) < 4.78 is 0. The summed E-state index contributed by atoms with van der Waals surface area (Å²) in [5.41, 5.74) is 0. The lowest BCUT2D eigenvalue weighted by Gasteiger charge is -1.98. The summed E-state index contributed by atoms with van der Waals surface area (Å²) >= 11 is 1.56. The van der Waals surface area contributed by atoms with E-state index in [0.717, 1.165) is 28.6 Å². The van der Waals surface area contributed by atoms with Crippen LogP contribution in [-0.4, -0.2) is 26.1 Å². The Hall–Kier alpha value is -1.76. The maximum absolute atomic E-state index is 11.8. The van der Waals surface area contributed by atoms with E-state index in [1.807, 2.05) is 13.8 Å². The Morgan fingerprint density at radius 3 is 3.06 bits per heavy atom. The molecule has 18 heavy (non-hydrogen) atoms. The quantitative estimate of drug-likeness (QED) is 0.857. The van der Waals surface area contributed by atoms with E-state index in [9.17, 15) is 4.79 Å². The van der Waals surface area contributed by atoms with E-state index in [0.29, 0.717) is 6.54 Å². The average Bonchev–Trinajstić information content (AvgIpc) is 2.96. The molecular formula is C11H15N5OS. The number of thiazole rings is 1. The summed E-state index contributed by atoms with van der Waals surface area (Å²) in [4.78, 5) is 21.2. The number of rotatable bonds is 5. The molecule has 0 aliphatic heterocycles. The smallest absolute Gasteiger partial charge is 0.291 e. The van der Waals surface area contributed by atoms with Crippen molar-refractivity contribution in [2.24, 2.45) is 0 Å². The Bertz CT molecular complexity index is 533. The van der Waals surface area contributed by atoms with Crippen LogP contribution in [0, 0.1) is 6.92 Å². The van der Waals surface area contributed by atoms with Gasteiger partial charge in [-0.2, -0.15) is 0 Å². The van der Waals surface area contributed by atoms with E-state index in [4.69, 9.17) is 0 Å².